The monoisotopic (exact) mass is 385 g/mol. The molecule has 1 aromatic carbocycles. The molecule has 2 aliphatic heterocycles. The van der Waals surface area contributed by atoms with Crippen LogP contribution in [0.2, 0.25) is 0 Å². The van der Waals surface area contributed by atoms with Gasteiger partial charge in [0.25, 0.3) is 0 Å². The van der Waals surface area contributed by atoms with Crippen molar-refractivity contribution < 1.29 is 19.1 Å². The summed E-state index contributed by atoms with van der Waals surface area (Å²) >= 11 is 0. The molecule has 1 aliphatic carbocycles. The number of rotatable bonds is 4. The van der Waals surface area contributed by atoms with Gasteiger partial charge in [0.2, 0.25) is 17.7 Å². The van der Waals surface area contributed by atoms with Crippen molar-refractivity contribution in [2.75, 3.05) is 36.5 Å². The van der Waals surface area contributed by atoms with E-state index in [1.54, 1.807) is 6.92 Å². The first-order chi connectivity index (χ1) is 13.6. The van der Waals surface area contributed by atoms with Crippen molar-refractivity contribution in [1.29, 1.82) is 0 Å². The highest BCUT2D eigenvalue weighted by Crippen LogP contribution is 2.39. The van der Waals surface area contributed by atoms with Gasteiger partial charge in [0, 0.05) is 13.1 Å². The highest BCUT2D eigenvalue weighted by molar-refractivity contribution is 6.10. The van der Waals surface area contributed by atoms with Crippen LogP contribution in [0, 0.1) is 11.8 Å². The molecule has 7 heteroatoms. The van der Waals surface area contributed by atoms with Crippen molar-refractivity contribution in [3.63, 3.8) is 0 Å². The molecule has 0 radical (unpaired) electrons. The highest BCUT2D eigenvalue weighted by atomic mass is 16.5. The molecule has 2 heterocycles. The van der Waals surface area contributed by atoms with E-state index in [0.29, 0.717) is 18.9 Å². The number of para-hydroxylation sites is 2. The van der Waals surface area contributed by atoms with Gasteiger partial charge < -0.3 is 15.0 Å². The zero-order chi connectivity index (χ0) is 19.7. The van der Waals surface area contributed by atoms with Crippen LogP contribution in [0.25, 0.3) is 0 Å². The number of ether oxygens (including phenoxy) is 1. The molecule has 1 saturated carbocycles. The van der Waals surface area contributed by atoms with E-state index in [2.05, 4.69) is 10.2 Å². The molecule has 3 aliphatic rings. The number of carbonyl (C=O) groups excluding carboxylic acids is 3. The molecule has 28 heavy (non-hydrogen) atoms. The molecule has 1 N–H and O–H groups in total. The molecule has 1 aromatic rings. The van der Waals surface area contributed by atoms with E-state index in [0.717, 1.165) is 44.5 Å². The van der Waals surface area contributed by atoms with E-state index >= 15 is 0 Å². The Labute approximate surface area is 165 Å². The topological polar surface area (TPSA) is 79.0 Å². The fourth-order valence-corrected chi connectivity index (χ4v) is 4.58. The summed E-state index contributed by atoms with van der Waals surface area (Å²) in [4.78, 5) is 41.8. The Balaban J connectivity index is 1.50. The van der Waals surface area contributed by atoms with Crippen molar-refractivity contribution in [3.8, 4) is 0 Å². The highest BCUT2D eigenvalue weighted by Gasteiger charge is 2.50. The minimum absolute atomic E-state index is 0.182. The Morgan fingerprint density at radius 2 is 1.68 bits per heavy atom. The number of morpholine rings is 1. The number of imide groups is 1. The van der Waals surface area contributed by atoms with Gasteiger partial charge in [-0.05, 0) is 31.9 Å². The molecule has 0 bridgehead atoms. The lowest BCUT2D eigenvalue weighted by molar-refractivity contribution is -0.146. The lowest BCUT2D eigenvalue weighted by atomic mass is 9.81. The molecule has 150 valence electrons. The largest absolute Gasteiger partial charge is 0.378 e. The van der Waals surface area contributed by atoms with Gasteiger partial charge in [0.05, 0.1) is 36.4 Å². The van der Waals surface area contributed by atoms with E-state index < -0.39 is 6.04 Å². The number of likely N-dealkylation sites (tertiary alicyclic amines) is 1. The van der Waals surface area contributed by atoms with Gasteiger partial charge in [-0.15, -0.1) is 0 Å². The van der Waals surface area contributed by atoms with Crippen molar-refractivity contribution in [1.82, 2.24) is 4.90 Å². The fraction of sp³-hybridized carbons (Fsp3) is 0.571. The number of hydrogen-bond acceptors (Lipinski definition) is 5. The second-order valence-corrected chi connectivity index (χ2v) is 7.83. The summed E-state index contributed by atoms with van der Waals surface area (Å²) in [7, 11) is 0. The number of nitrogens with zero attached hydrogens (tertiary/aromatic N) is 2. The number of carbonyl (C=O) groups is 3. The minimum atomic E-state index is -0.816. The van der Waals surface area contributed by atoms with E-state index in [1.807, 2.05) is 24.3 Å². The van der Waals surface area contributed by atoms with Crippen LogP contribution in [0.5, 0.6) is 0 Å². The number of hydrogen-bond donors (Lipinski definition) is 1. The number of benzene rings is 1. The molecule has 4 rings (SSSR count). The maximum atomic E-state index is 12.9. The van der Waals surface area contributed by atoms with Gasteiger partial charge in [0.15, 0.2) is 0 Å². The molecule has 3 fully saturated rings. The Bertz CT molecular complexity index is 751. The summed E-state index contributed by atoms with van der Waals surface area (Å²) in [6.07, 6.45) is 3.45. The van der Waals surface area contributed by atoms with E-state index in [-0.39, 0.29) is 29.6 Å². The average molecular weight is 385 g/mol. The molecule has 0 spiro atoms. The molecule has 2 saturated heterocycles. The quantitative estimate of drug-likeness (QED) is 0.803. The minimum Gasteiger partial charge on any atom is -0.378 e. The van der Waals surface area contributed by atoms with Crippen LogP contribution in [-0.2, 0) is 19.1 Å². The van der Waals surface area contributed by atoms with Crippen LogP contribution in [0.15, 0.2) is 24.3 Å². The maximum Gasteiger partial charge on any atom is 0.247 e. The summed E-state index contributed by atoms with van der Waals surface area (Å²) in [5.74, 6) is -1.17. The predicted molar refractivity (Wildman–Crippen MR) is 105 cm³/mol. The smallest absolute Gasteiger partial charge is 0.247 e. The molecule has 3 amide bonds. The standard InChI is InChI=1S/C21H27N3O4/c1-14(24-20(26)15-6-2-3-7-16(15)21(24)27)19(25)22-17-8-4-5-9-18(17)23-10-12-28-13-11-23/h4-5,8-9,14-16H,2-3,6-7,10-13H2,1H3,(H,22,25)/t14-,15-,16+/m0/s1. The van der Waals surface area contributed by atoms with Crippen LogP contribution in [0.3, 0.4) is 0 Å². The molecule has 7 nitrogen and oxygen atoms in total. The molecule has 0 unspecified atom stereocenters. The summed E-state index contributed by atoms with van der Waals surface area (Å²) in [5, 5.41) is 2.94. The van der Waals surface area contributed by atoms with Gasteiger partial charge in [0.1, 0.15) is 6.04 Å². The van der Waals surface area contributed by atoms with Gasteiger partial charge in [-0.2, -0.15) is 0 Å². The lowest BCUT2D eigenvalue weighted by Crippen LogP contribution is -2.46. The fourth-order valence-electron chi connectivity index (χ4n) is 4.58. The first-order valence-corrected chi connectivity index (χ1v) is 10.2. The number of anilines is 2. The number of fused-ring (bicyclic) bond motifs is 1. The molecule has 3 atom stereocenters. The van der Waals surface area contributed by atoms with E-state index in [9.17, 15) is 14.4 Å². The molecular weight excluding hydrogens is 358 g/mol. The van der Waals surface area contributed by atoms with E-state index in [4.69, 9.17) is 4.74 Å². The lowest BCUT2D eigenvalue weighted by Gasteiger charge is -2.31. The Kier molecular flexibility index (Phi) is 5.35. The summed E-state index contributed by atoms with van der Waals surface area (Å²) < 4.78 is 5.41. The van der Waals surface area contributed by atoms with Crippen molar-refractivity contribution in [2.45, 2.75) is 38.6 Å². The number of nitrogens with one attached hydrogen (secondary N) is 1. The molecular formula is C21H27N3O4. The summed E-state index contributed by atoms with van der Waals surface area (Å²) in [5.41, 5.74) is 1.62. The van der Waals surface area contributed by atoms with E-state index in [1.165, 1.54) is 4.90 Å². The van der Waals surface area contributed by atoms with Crippen LogP contribution >= 0.6 is 0 Å². The second kappa shape index (κ2) is 7.91. The second-order valence-electron chi connectivity index (χ2n) is 7.83. The first kappa shape index (κ1) is 18.9. The van der Waals surface area contributed by atoms with Crippen molar-refractivity contribution in [3.05, 3.63) is 24.3 Å². The SMILES string of the molecule is C[C@@H](C(=O)Nc1ccccc1N1CCOCC1)N1C(=O)[C@H]2CCCC[C@H]2C1=O. The summed E-state index contributed by atoms with van der Waals surface area (Å²) in [6.45, 7) is 4.46. The Hall–Kier alpha value is -2.41. The normalized spacial score (nSPS) is 26.2. The van der Waals surface area contributed by atoms with Gasteiger partial charge in [-0.3, -0.25) is 19.3 Å². The zero-order valence-electron chi connectivity index (χ0n) is 16.2. The van der Waals surface area contributed by atoms with Gasteiger partial charge >= 0.3 is 0 Å². The third-order valence-electron chi connectivity index (χ3n) is 6.16. The molecule has 0 aromatic heterocycles. The summed E-state index contributed by atoms with van der Waals surface area (Å²) in [6, 6.07) is 6.80. The van der Waals surface area contributed by atoms with Crippen molar-refractivity contribution in [2.24, 2.45) is 11.8 Å². The van der Waals surface area contributed by atoms with Crippen LogP contribution in [-0.4, -0.2) is 55.0 Å². The Morgan fingerprint density at radius 3 is 2.32 bits per heavy atom. The van der Waals surface area contributed by atoms with Gasteiger partial charge in [-0.25, -0.2) is 0 Å². The average Bonchev–Trinajstić information content (AvgIpc) is 2.99. The Morgan fingerprint density at radius 1 is 1.07 bits per heavy atom. The van der Waals surface area contributed by atoms with Gasteiger partial charge in [-0.1, -0.05) is 25.0 Å². The predicted octanol–water partition coefficient (Wildman–Crippen LogP) is 2.03. The van der Waals surface area contributed by atoms with Crippen LogP contribution in [0.4, 0.5) is 11.4 Å². The first-order valence-electron chi connectivity index (χ1n) is 10.2. The van der Waals surface area contributed by atoms with Crippen molar-refractivity contribution >= 4 is 29.1 Å². The zero-order valence-corrected chi connectivity index (χ0v) is 16.2. The third kappa shape index (κ3) is 3.39. The maximum absolute atomic E-state index is 12.9. The van der Waals surface area contributed by atoms with Crippen LogP contribution in [0.1, 0.15) is 32.6 Å². The number of amides is 3. The van der Waals surface area contributed by atoms with Crippen LogP contribution < -0.4 is 10.2 Å². The third-order valence-corrected chi connectivity index (χ3v) is 6.16.